The van der Waals surface area contributed by atoms with Crippen molar-refractivity contribution in [2.75, 3.05) is 0 Å². The third kappa shape index (κ3) is 0.817. The molecule has 2 heteroatoms. The van der Waals surface area contributed by atoms with E-state index in [1.807, 2.05) is 12.2 Å². The number of allylic oxidation sites excluding steroid dienone is 4. The van der Waals surface area contributed by atoms with E-state index in [2.05, 4.69) is 32.9 Å². The second kappa shape index (κ2) is 2.55. The molecule has 4 rings (SSSR count). The highest BCUT2D eigenvalue weighted by atomic mass is 16.2. The van der Waals surface area contributed by atoms with Gasteiger partial charge in [0.2, 0.25) is 11.6 Å². The zero-order chi connectivity index (χ0) is 11.7. The normalized spacial score (nSPS) is 44.6. The van der Waals surface area contributed by atoms with Crippen LogP contribution in [0.5, 0.6) is 0 Å². The number of fused-ring (bicyclic) bond motifs is 1. The fraction of sp³-hybridized carbons (Fsp3) is 0.571. The van der Waals surface area contributed by atoms with Crippen LogP contribution in [0, 0.1) is 28.6 Å². The van der Waals surface area contributed by atoms with Crippen molar-refractivity contribution >= 4 is 11.6 Å². The lowest BCUT2D eigenvalue weighted by Gasteiger charge is -2.58. The van der Waals surface area contributed by atoms with Crippen LogP contribution in [0.1, 0.15) is 20.8 Å². The molecular weight excluding hydrogens is 200 g/mol. The molecule has 0 unspecified atom stereocenters. The van der Waals surface area contributed by atoms with Crippen LogP contribution in [0.2, 0.25) is 0 Å². The highest BCUT2D eigenvalue weighted by molar-refractivity contribution is 6.42. The van der Waals surface area contributed by atoms with Gasteiger partial charge in [0.15, 0.2) is 0 Å². The number of hydrogen-bond acceptors (Lipinski definition) is 2. The van der Waals surface area contributed by atoms with Crippen LogP contribution in [-0.4, -0.2) is 11.6 Å². The van der Waals surface area contributed by atoms with Gasteiger partial charge in [-0.15, -0.1) is 0 Å². The monoisotopic (exact) mass is 216 g/mol. The zero-order valence-corrected chi connectivity index (χ0v) is 9.86. The second-order valence-electron chi connectivity index (χ2n) is 6.19. The van der Waals surface area contributed by atoms with Gasteiger partial charge in [0.25, 0.3) is 0 Å². The van der Waals surface area contributed by atoms with Crippen LogP contribution in [0.15, 0.2) is 24.3 Å². The van der Waals surface area contributed by atoms with Crippen molar-refractivity contribution in [3.63, 3.8) is 0 Å². The second-order valence-corrected chi connectivity index (χ2v) is 6.19. The summed E-state index contributed by atoms with van der Waals surface area (Å²) in [5, 5.41) is 0. The third-order valence-electron chi connectivity index (χ3n) is 4.61. The molecule has 1 fully saturated rings. The Hall–Kier alpha value is -1.18. The fourth-order valence-electron chi connectivity index (χ4n) is 3.58. The van der Waals surface area contributed by atoms with Gasteiger partial charge in [0, 0.05) is 5.92 Å². The van der Waals surface area contributed by atoms with Crippen LogP contribution >= 0.6 is 0 Å². The molecule has 4 aliphatic rings. The van der Waals surface area contributed by atoms with Crippen molar-refractivity contribution in [1.29, 1.82) is 0 Å². The van der Waals surface area contributed by atoms with Crippen molar-refractivity contribution in [1.82, 2.24) is 0 Å². The van der Waals surface area contributed by atoms with E-state index >= 15 is 0 Å². The summed E-state index contributed by atoms with van der Waals surface area (Å²) in [7, 11) is 0. The Labute approximate surface area is 95.4 Å². The van der Waals surface area contributed by atoms with E-state index in [1.165, 1.54) is 0 Å². The molecule has 1 saturated carbocycles. The Bertz CT molecular complexity index is 450. The molecule has 0 heterocycles. The summed E-state index contributed by atoms with van der Waals surface area (Å²) < 4.78 is 0. The first-order valence-electron chi connectivity index (χ1n) is 5.86. The summed E-state index contributed by atoms with van der Waals surface area (Å²) >= 11 is 0. The van der Waals surface area contributed by atoms with E-state index in [0.717, 1.165) is 0 Å². The van der Waals surface area contributed by atoms with Gasteiger partial charge in [-0.05, 0) is 11.3 Å². The summed E-state index contributed by atoms with van der Waals surface area (Å²) in [5.74, 6) is -0.00465. The van der Waals surface area contributed by atoms with E-state index in [4.69, 9.17) is 0 Å². The number of hydrogen-bond donors (Lipinski definition) is 0. The van der Waals surface area contributed by atoms with Crippen LogP contribution in [-0.2, 0) is 9.59 Å². The largest absolute Gasteiger partial charge is 0.290 e. The summed E-state index contributed by atoms with van der Waals surface area (Å²) in [6.45, 7) is 6.16. The molecule has 0 aromatic rings. The van der Waals surface area contributed by atoms with Crippen LogP contribution in [0.3, 0.4) is 0 Å². The maximum Gasteiger partial charge on any atom is 0.210 e. The van der Waals surface area contributed by atoms with Gasteiger partial charge < -0.3 is 0 Å². The Morgan fingerprint density at radius 2 is 1.81 bits per heavy atom. The van der Waals surface area contributed by atoms with Crippen molar-refractivity contribution < 1.29 is 9.59 Å². The summed E-state index contributed by atoms with van der Waals surface area (Å²) in [4.78, 5) is 24.3. The maximum absolute atomic E-state index is 12.3. The first kappa shape index (κ1) is 10.0. The first-order chi connectivity index (χ1) is 7.39. The number of rotatable bonds is 0. The molecule has 0 amide bonds. The molecule has 0 aromatic carbocycles. The molecule has 16 heavy (non-hydrogen) atoms. The van der Waals surface area contributed by atoms with Crippen LogP contribution in [0.4, 0.5) is 0 Å². The minimum absolute atomic E-state index is 0.168. The average molecular weight is 216 g/mol. The highest BCUT2D eigenvalue weighted by Crippen LogP contribution is 2.61. The third-order valence-corrected chi connectivity index (χ3v) is 4.61. The smallest absolute Gasteiger partial charge is 0.210 e. The van der Waals surface area contributed by atoms with E-state index in [9.17, 15) is 9.59 Å². The number of Topliss-reactive ketones (excluding diaryl/α,β-unsaturated/α-hetero) is 2. The number of carbonyl (C=O) groups excluding carboxylic acids is 2. The molecule has 0 N–H and O–H groups in total. The molecule has 2 nitrogen and oxygen atoms in total. The highest BCUT2D eigenvalue weighted by Gasteiger charge is 2.65. The summed E-state index contributed by atoms with van der Waals surface area (Å²) in [6, 6.07) is 0. The molecule has 0 spiro atoms. The van der Waals surface area contributed by atoms with Crippen LogP contribution < -0.4 is 0 Å². The van der Waals surface area contributed by atoms with Gasteiger partial charge in [-0.1, -0.05) is 45.1 Å². The lowest BCUT2D eigenvalue weighted by molar-refractivity contribution is -0.157. The van der Waals surface area contributed by atoms with E-state index < -0.39 is 5.41 Å². The molecule has 0 aliphatic heterocycles. The predicted molar refractivity (Wildman–Crippen MR) is 60.7 cm³/mol. The van der Waals surface area contributed by atoms with E-state index in [-0.39, 0.29) is 34.7 Å². The zero-order valence-electron chi connectivity index (χ0n) is 9.86. The van der Waals surface area contributed by atoms with Gasteiger partial charge in [-0.2, -0.15) is 0 Å². The fourth-order valence-corrected chi connectivity index (χ4v) is 3.58. The summed E-state index contributed by atoms with van der Waals surface area (Å²) in [5.41, 5.74) is -0.784. The molecular formula is C14H16O2. The molecule has 4 aliphatic carbocycles. The van der Waals surface area contributed by atoms with E-state index in [1.54, 1.807) is 0 Å². The predicted octanol–water partition coefficient (Wildman–Crippen LogP) is 2.16. The van der Waals surface area contributed by atoms with Gasteiger partial charge in [0.1, 0.15) is 0 Å². The van der Waals surface area contributed by atoms with Gasteiger partial charge in [-0.25, -0.2) is 0 Å². The van der Waals surface area contributed by atoms with Crippen molar-refractivity contribution in [3.05, 3.63) is 24.3 Å². The molecule has 4 atom stereocenters. The van der Waals surface area contributed by atoms with Crippen molar-refractivity contribution in [2.24, 2.45) is 28.6 Å². The first-order valence-corrected chi connectivity index (χ1v) is 5.86. The molecule has 0 radical (unpaired) electrons. The Balaban J connectivity index is 2.25. The SMILES string of the molecule is CC(C)(C)[C@]12C=C[C@H](C(=O)C1=O)[C@H]1C=C[C@@H]12. The Morgan fingerprint density at radius 3 is 2.31 bits per heavy atom. The minimum atomic E-state index is -0.585. The Morgan fingerprint density at radius 1 is 1.12 bits per heavy atom. The molecule has 2 bridgehead atoms. The topological polar surface area (TPSA) is 34.1 Å². The molecule has 84 valence electrons. The number of carbonyl (C=O) groups is 2. The van der Waals surface area contributed by atoms with Gasteiger partial charge in [-0.3, -0.25) is 9.59 Å². The average Bonchev–Trinajstić information content (AvgIpc) is 2.12. The molecule has 0 aromatic heterocycles. The summed E-state index contributed by atoms with van der Waals surface area (Å²) in [6.07, 6.45) is 8.16. The minimum Gasteiger partial charge on any atom is -0.290 e. The lowest BCUT2D eigenvalue weighted by atomic mass is 9.43. The van der Waals surface area contributed by atoms with E-state index in [0.29, 0.717) is 0 Å². The quantitative estimate of drug-likeness (QED) is 0.459. The Kier molecular flexibility index (Phi) is 1.60. The van der Waals surface area contributed by atoms with Gasteiger partial charge in [0.05, 0.1) is 11.3 Å². The van der Waals surface area contributed by atoms with Crippen molar-refractivity contribution in [2.45, 2.75) is 20.8 Å². The van der Waals surface area contributed by atoms with Crippen molar-refractivity contribution in [3.8, 4) is 0 Å². The van der Waals surface area contributed by atoms with Gasteiger partial charge >= 0.3 is 0 Å². The van der Waals surface area contributed by atoms with Crippen LogP contribution in [0.25, 0.3) is 0 Å². The maximum atomic E-state index is 12.3. The number of ketones is 2. The molecule has 0 saturated heterocycles. The lowest BCUT2D eigenvalue weighted by Crippen LogP contribution is -2.63. The standard InChI is InChI=1S/C14H16O2/c1-13(2,3)14-7-6-9(11(15)12(14)16)8-4-5-10(8)14/h4-10H,1-3H3/t8-,9+,10+,14+/m1/s1.